The molecule has 0 spiro atoms. The van der Waals surface area contributed by atoms with E-state index in [1.54, 1.807) is 6.08 Å². The Bertz CT molecular complexity index is 123. The fourth-order valence-corrected chi connectivity index (χ4v) is 0.570. The van der Waals surface area contributed by atoms with E-state index in [2.05, 4.69) is 38.4 Å². The molecule has 4 heteroatoms. The van der Waals surface area contributed by atoms with E-state index in [1.807, 2.05) is 0 Å². The van der Waals surface area contributed by atoms with Crippen LogP contribution >= 0.6 is 31.9 Å². The van der Waals surface area contributed by atoms with Crippen molar-refractivity contribution in [3.05, 3.63) is 12.7 Å². The third kappa shape index (κ3) is 4.99. The van der Waals surface area contributed by atoms with Gasteiger partial charge < -0.3 is 4.74 Å². The average molecular weight is 272 g/mol. The van der Waals surface area contributed by atoms with Gasteiger partial charge in [0.25, 0.3) is 0 Å². The molecule has 0 aromatic heterocycles. The second-order valence-corrected chi connectivity index (χ2v) is 4.61. The predicted octanol–water partition coefficient (Wildman–Crippen LogP) is 2.22. The van der Waals surface area contributed by atoms with Crippen LogP contribution in [0.2, 0.25) is 0 Å². The summed E-state index contributed by atoms with van der Waals surface area (Å²) >= 11 is 6.02. The summed E-state index contributed by atoms with van der Waals surface area (Å²) in [6.45, 7) is 3.89. The van der Waals surface area contributed by atoms with Gasteiger partial charge in [0.15, 0.2) is 3.74 Å². The standard InChI is InChI=1S/C6H8Br2O2/c1-2-3-4-10-6(9)5(7)8/h2,5H,1,3-4H2. The van der Waals surface area contributed by atoms with E-state index >= 15 is 0 Å². The zero-order valence-corrected chi connectivity index (χ0v) is 8.52. The quantitative estimate of drug-likeness (QED) is 0.339. The van der Waals surface area contributed by atoms with E-state index in [-0.39, 0.29) is 5.97 Å². The molecule has 0 saturated heterocycles. The first-order valence-corrected chi connectivity index (χ1v) is 4.57. The number of hydrogen-bond acceptors (Lipinski definition) is 2. The second kappa shape index (κ2) is 5.92. The van der Waals surface area contributed by atoms with Crippen molar-refractivity contribution in [2.24, 2.45) is 0 Å². The summed E-state index contributed by atoms with van der Waals surface area (Å²) in [4.78, 5) is 10.7. The highest BCUT2D eigenvalue weighted by Gasteiger charge is 2.10. The van der Waals surface area contributed by atoms with Gasteiger partial charge in [0.05, 0.1) is 6.61 Å². The Hall–Kier alpha value is 0.170. The van der Waals surface area contributed by atoms with Crippen LogP contribution in [0.4, 0.5) is 0 Å². The molecule has 0 bridgehead atoms. The van der Waals surface area contributed by atoms with Crippen LogP contribution < -0.4 is 0 Å². The summed E-state index contributed by atoms with van der Waals surface area (Å²) < 4.78 is 4.34. The lowest BCUT2D eigenvalue weighted by atomic mass is 10.5. The summed E-state index contributed by atoms with van der Waals surface area (Å²) in [5.41, 5.74) is 0. The van der Waals surface area contributed by atoms with Crippen LogP contribution in [0.5, 0.6) is 0 Å². The molecule has 0 aromatic rings. The number of hydrogen-bond donors (Lipinski definition) is 0. The van der Waals surface area contributed by atoms with Crippen molar-refractivity contribution in [1.29, 1.82) is 0 Å². The highest BCUT2D eigenvalue weighted by Crippen LogP contribution is 2.09. The minimum atomic E-state index is -0.398. The Balaban J connectivity index is 3.30. The highest BCUT2D eigenvalue weighted by molar-refractivity contribution is 9.25. The molecule has 0 radical (unpaired) electrons. The van der Waals surface area contributed by atoms with E-state index < -0.39 is 3.74 Å². The molecule has 0 aliphatic carbocycles. The van der Waals surface area contributed by atoms with Crippen molar-refractivity contribution in [2.45, 2.75) is 10.2 Å². The highest BCUT2D eigenvalue weighted by atomic mass is 79.9. The maximum Gasteiger partial charge on any atom is 0.330 e. The third-order valence-corrected chi connectivity index (χ3v) is 1.49. The molecular weight excluding hydrogens is 264 g/mol. The molecule has 10 heavy (non-hydrogen) atoms. The molecule has 0 unspecified atom stereocenters. The van der Waals surface area contributed by atoms with Gasteiger partial charge in [0.1, 0.15) is 0 Å². The van der Waals surface area contributed by atoms with Gasteiger partial charge >= 0.3 is 5.97 Å². The Morgan fingerprint density at radius 1 is 1.70 bits per heavy atom. The summed E-state index contributed by atoms with van der Waals surface area (Å²) in [6.07, 6.45) is 2.39. The fourth-order valence-electron chi connectivity index (χ4n) is 0.306. The van der Waals surface area contributed by atoms with Crippen molar-refractivity contribution in [3.63, 3.8) is 0 Å². The van der Waals surface area contributed by atoms with E-state index in [4.69, 9.17) is 4.74 Å². The van der Waals surface area contributed by atoms with Crippen LogP contribution in [-0.4, -0.2) is 16.3 Å². The average Bonchev–Trinajstić information content (AvgIpc) is 1.88. The van der Waals surface area contributed by atoms with E-state index in [9.17, 15) is 4.79 Å². The summed E-state index contributed by atoms with van der Waals surface area (Å²) in [5.74, 6) is -0.304. The monoisotopic (exact) mass is 270 g/mol. The lowest BCUT2D eigenvalue weighted by molar-refractivity contribution is -0.140. The SMILES string of the molecule is C=CCCOC(=O)C(Br)Br. The van der Waals surface area contributed by atoms with Crippen molar-refractivity contribution in [1.82, 2.24) is 0 Å². The second-order valence-electron chi connectivity index (χ2n) is 1.55. The number of ether oxygens (including phenoxy) is 1. The molecule has 0 saturated carbocycles. The Kier molecular flexibility index (Phi) is 6.02. The van der Waals surface area contributed by atoms with Crippen LogP contribution in [0, 0.1) is 0 Å². The van der Waals surface area contributed by atoms with Crippen LogP contribution in [-0.2, 0) is 9.53 Å². The lowest BCUT2D eigenvalue weighted by Crippen LogP contribution is -2.11. The Morgan fingerprint density at radius 2 is 2.30 bits per heavy atom. The van der Waals surface area contributed by atoms with Crippen molar-refractivity contribution >= 4 is 37.8 Å². The normalized spacial score (nSPS) is 9.50. The van der Waals surface area contributed by atoms with Crippen LogP contribution in [0.25, 0.3) is 0 Å². The first-order valence-electron chi connectivity index (χ1n) is 2.74. The Labute approximate surface area is 76.9 Å². The van der Waals surface area contributed by atoms with Gasteiger partial charge in [-0.2, -0.15) is 0 Å². The van der Waals surface area contributed by atoms with Crippen LogP contribution in [0.15, 0.2) is 12.7 Å². The predicted molar refractivity (Wildman–Crippen MR) is 47.4 cm³/mol. The number of esters is 1. The largest absolute Gasteiger partial charge is 0.464 e. The molecule has 0 fully saturated rings. The first kappa shape index (κ1) is 10.2. The van der Waals surface area contributed by atoms with Gasteiger partial charge in [-0.15, -0.1) is 6.58 Å². The Morgan fingerprint density at radius 3 is 2.70 bits per heavy atom. The maximum absolute atomic E-state index is 10.7. The molecule has 0 heterocycles. The smallest absolute Gasteiger partial charge is 0.330 e. The van der Waals surface area contributed by atoms with Crippen LogP contribution in [0.1, 0.15) is 6.42 Å². The van der Waals surface area contributed by atoms with Crippen molar-refractivity contribution in [2.75, 3.05) is 6.61 Å². The molecule has 58 valence electrons. The molecule has 0 aliphatic heterocycles. The summed E-state index contributed by atoms with van der Waals surface area (Å²) in [6, 6.07) is 0. The molecule has 2 nitrogen and oxygen atoms in total. The molecule has 0 aromatic carbocycles. The molecule has 0 rings (SSSR count). The molecule has 0 amide bonds. The first-order chi connectivity index (χ1) is 4.68. The van der Waals surface area contributed by atoms with E-state index in [0.717, 1.165) is 0 Å². The van der Waals surface area contributed by atoms with Gasteiger partial charge in [0.2, 0.25) is 0 Å². The van der Waals surface area contributed by atoms with Gasteiger partial charge in [-0.25, -0.2) is 4.79 Å². The molecule has 0 atom stereocenters. The van der Waals surface area contributed by atoms with Crippen molar-refractivity contribution < 1.29 is 9.53 Å². The molecule has 0 aliphatic rings. The lowest BCUT2D eigenvalue weighted by Gasteiger charge is -2.01. The van der Waals surface area contributed by atoms with Crippen LogP contribution in [0.3, 0.4) is 0 Å². The maximum atomic E-state index is 10.7. The minimum absolute atomic E-state index is 0.304. The number of rotatable bonds is 4. The van der Waals surface area contributed by atoms with Gasteiger partial charge in [-0.05, 0) is 6.42 Å². The summed E-state index contributed by atoms with van der Waals surface area (Å²) in [7, 11) is 0. The van der Waals surface area contributed by atoms with E-state index in [0.29, 0.717) is 13.0 Å². The topological polar surface area (TPSA) is 26.3 Å². The third-order valence-electron chi connectivity index (χ3n) is 0.744. The van der Waals surface area contributed by atoms with Gasteiger partial charge in [0, 0.05) is 0 Å². The molecule has 0 N–H and O–H groups in total. The zero-order chi connectivity index (χ0) is 7.98. The minimum Gasteiger partial charge on any atom is -0.464 e. The van der Waals surface area contributed by atoms with Gasteiger partial charge in [-0.3, -0.25) is 0 Å². The number of alkyl halides is 2. The molecular formula is C6H8Br2O2. The summed E-state index contributed by atoms with van der Waals surface area (Å²) in [5, 5.41) is 0. The number of carbonyl (C=O) groups is 1. The van der Waals surface area contributed by atoms with Gasteiger partial charge in [-0.1, -0.05) is 37.9 Å². The number of halogens is 2. The van der Waals surface area contributed by atoms with E-state index in [1.165, 1.54) is 0 Å². The zero-order valence-electron chi connectivity index (χ0n) is 5.35. The van der Waals surface area contributed by atoms with Crippen molar-refractivity contribution in [3.8, 4) is 0 Å². The fraction of sp³-hybridized carbons (Fsp3) is 0.500. The number of carbonyl (C=O) groups excluding carboxylic acids is 1.